The van der Waals surface area contributed by atoms with Crippen LogP contribution in [0.25, 0.3) is 10.9 Å². The monoisotopic (exact) mass is 300 g/mol. The van der Waals surface area contributed by atoms with Crippen molar-refractivity contribution in [2.24, 2.45) is 5.92 Å². The number of aliphatic hydroxyl groups is 1. The maximum Gasteiger partial charge on any atom is 0.226 e. The quantitative estimate of drug-likeness (QED) is 0.912. The maximum absolute atomic E-state index is 12.4. The van der Waals surface area contributed by atoms with E-state index in [1.807, 2.05) is 13.2 Å². The number of aryl methyl sites for hydroxylation is 1. The summed E-state index contributed by atoms with van der Waals surface area (Å²) in [6.07, 6.45) is 5.05. The van der Waals surface area contributed by atoms with Crippen molar-refractivity contribution in [1.29, 1.82) is 0 Å². The number of aliphatic hydroxyl groups excluding tert-OH is 1. The molecule has 1 heterocycles. The average Bonchev–Trinajstić information content (AvgIpc) is 3.06. The largest absolute Gasteiger partial charge is 0.393 e. The fourth-order valence-corrected chi connectivity index (χ4v) is 3.43. The molecule has 2 aromatic rings. The van der Waals surface area contributed by atoms with Crippen LogP contribution in [0.15, 0.2) is 24.4 Å². The number of amides is 1. The molecular formula is C18H24N2O2. The molecule has 1 aromatic carbocycles. The molecule has 2 unspecified atom stereocenters. The number of nitrogens with one attached hydrogen (secondary N) is 1. The number of carbonyl (C=O) groups excluding carboxylic acids is 1. The van der Waals surface area contributed by atoms with Crippen molar-refractivity contribution < 1.29 is 9.90 Å². The van der Waals surface area contributed by atoms with Crippen molar-refractivity contribution >= 4 is 16.8 Å². The summed E-state index contributed by atoms with van der Waals surface area (Å²) in [5.41, 5.74) is 3.33. The molecule has 1 saturated carbocycles. The van der Waals surface area contributed by atoms with Crippen LogP contribution in [0, 0.1) is 12.8 Å². The van der Waals surface area contributed by atoms with Crippen LogP contribution < -0.4 is 0 Å². The van der Waals surface area contributed by atoms with Gasteiger partial charge in [-0.05, 0) is 37.0 Å². The molecule has 1 aliphatic carbocycles. The first-order valence-corrected chi connectivity index (χ1v) is 8.03. The smallest absolute Gasteiger partial charge is 0.226 e. The highest BCUT2D eigenvalue weighted by Gasteiger charge is 2.27. The van der Waals surface area contributed by atoms with Crippen LogP contribution in [0.2, 0.25) is 0 Å². The summed E-state index contributed by atoms with van der Waals surface area (Å²) >= 11 is 0. The Hall–Kier alpha value is -1.81. The van der Waals surface area contributed by atoms with Crippen molar-refractivity contribution in [3.05, 3.63) is 35.5 Å². The van der Waals surface area contributed by atoms with E-state index in [1.165, 1.54) is 5.56 Å². The van der Waals surface area contributed by atoms with E-state index < -0.39 is 0 Å². The maximum atomic E-state index is 12.4. The molecule has 22 heavy (non-hydrogen) atoms. The zero-order valence-corrected chi connectivity index (χ0v) is 13.3. The second-order valence-corrected chi connectivity index (χ2v) is 6.57. The Morgan fingerprint density at radius 2 is 2.23 bits per heavy atom. The minimum Gasteiger partial charge on any atom is -0.393 e. The van der Waals surface area contributed by atoms with Crippen LogP contribution in [0.3, 0.4) is 0 Å². The molecule has 1 aliphatic rings. The summed E-state index contributed by atoms with van der Waals surface area (Å²) in [7, 11) is 1.84. The van der Waals surface area contributed by atoms with Gasteiger partial charge in [0.25, 0.3) is 0 Å². The minimum atomic E-state index is -0.244. The van der Waals surface area contributed by atoms with Crippen LogP contribution in [0.5, 0.6) is 0 Å². The highest BCUT2D eigenvalue weighted by Crippen LogP contribution is 2.26. The molecule has 2 N–H and O–H groups in total. The molecule has 0 radical (unpaired) electrons. The number of nitrogens with zero attached hydrogens (tertiary/aromatic N) is 1. The molecule has 0 bridgehead atoms. The van der Waals surface area contributed by atoms with Gasteiger partial charge in [0, 0.05) is 36.6 Å². The summed E-state index contributed by atoms with van der Waals surface area (Å²) in [6.45, 7) is 2.72. The van der Waals surface area contributed by atoms with Gasteiger partial charge in [-0.2, -0.15) is 0 Å². The summed E-state index contributed by atoms with van der Waals surface area (Å²) in [5, 5.41) is 11.0. The van der Waals surface area contributed by atoms with Gasteiger partial charge in [0.05, 0.1) is 12.5 Å². The van der Waals surface area contributed by atoms with Gasteiger partial charge in [-0.15, -0.1) is 0 Å². The zero-order valence-electron chi connectivity index (χ0n) is 13.3. The first-order chi connectivity index (χ1) is 10.5. The van der Waals surface area contributed by atoms with Gasteiger partial charge in [-0.25, -0.2) is 0 Å². The normalized spacial score (nSPS) is 21.4. The van der Waals surface area contributed by atoms with Crippen LogP contribution in [-0.4, -0.2) is 40.6 Å². The molecule has 4 nitrogen and oxygen atoms in total. The van der Waals surface area contributed by atoms with Gasteiger partial charge in [0.1, 0.15) is 0 Å². The first-order valence-electron chi connectivity index (χ1n) is 8.03. The van der Waals surface area contributed by atoms with Crippen LogP contribution in [0.1, 0.15) is 30.4 Å². The summed E-state index contributed by atoms with van der Waals surface area (Å²) in [6, 6.07) is 6.25. The van der Waals surface area contributed by atoms with Crippen LogP contribution >= 0.6 is 0 Å². The number of hydrogen-bond acceptors (Lipinski definition) is 2. The molecule has 0 spiro atoms. The number of rotatable bonds is 4. The standard InChI is InChI=1S/C18H24N2O2/c1-12-6-7-15-14(10-19-16(15)8-12)9-18(22)20(2)11-13-4-3-5-17(13)21/h6-8,10,13,17,19,21H,3-5,9,11H2,1-2H3. The molecule has 0 aliphatic heterocycles. The predicted octanol–water partition coefficient (Wildman–Crippen LogP) is 2.64. The first kappa shape index (κ1) is 15.1. The molecule has 3 rings (SSSR count). The fraction of sp³-hybridized carbons (Fsp3) is 0.500. The second kappa shape index (κ2) is 6.13. The van der Waals surface area contributed by atoms with Crippen molar-refractivity contribution in [2.75, 3.05) is 13.6 Å². The van der Waals surface area contributed by atoms with E-state index in [-0.39, 0.29) is 17.9 Å². The highest BCUT2D eigenvalue weighted by atomic mass is 16.3. The van der Waals surface area contributed by atoms with Crippen LogP contribution in [0.4, 0.5) is 0 Å². The van der Waals surface area contributed by atoms with Gasteiger partial charge >= 0.3 is 0 Å². The lowest BCUT2D eigenvalue weighted by Gasteiger charge is -2.23. The number of hydrogen-bond donors (Lipinski definition) is 2. The molecule has 0 saturated heterocycles. The SMILES string of the molecule is Cc1ccc2c(CC(=O)N(C)CC3CCCC3O)c[nH]c2c1. The topological polar surface area (TPSA) is 56.3 Å². The third-order valence-corrected chi connectivity index (χ3v) is 4.82. The Morgan fingerprint density at radius 1 is 1.41 bits per heavy atom. The van der Waals surface area contributed by atoms with Gasteiger partial charge < -0.3 is 15.0 Å². The highest BCUT2D eigenvalue weighted by molar-refractivity contribution is 5.89. The Morgan fingerprint density at radius 3 is 2.95 bits per heavy atom. The molecular weight excluding hydrogens is 276 g/mol. The number of likely N-dealkylation sites (N-methyl/N-ethyl adjacent to an activating group) is 1. The minimum absolute atomic E-state index is 0.112. The third-order valence-electron chi connectivity index (χ3n) is 4.82. The van der Waals surface area contributed by atoms with E-state index in [0.717, 1.165) is 35.7 Å². The molecule has 1 fully saturated rings. The van der Waals surface area contributed by atoms with Crippen LogP contribution in [-0.2, 0) is 11.2 Å². The Labute approximate surface area is 131 Å². The average molecular weight is 300 g/mol. The van der Waals surface area contributed by atoms with Gasteiger partial charge in [-0.1, -0.05) is 18.6 Å². The van der Waals surface area contributed by atoms with E-state index in [0.29, 0.717) is 13.0 Å². The van der Waals surface area contributed by atoms with E-state index in [4.69, 9.17) is 0 Å². The van der Waals surface area contributed by atoms with E-state index in [2.05, 4.69) is 30.1 Å². The molecule has 4 heteroatoms. The lowest BCUT2D eigenvalue weighted by molar-refractivity contribution is -0.130. The number of fused-ring (bicyclic) bond motifs is 1. The summed E-state index contributed by atoms with van der Waals surface area (Å²) in [5.74, 6) is 0.347. The Balaban J connectivity index is 1.67. The number of benzene rings is 1. The van der Waals surface area contributed by atoms with Gasteiger partial charge in [0.15, 0.2) is 0 Å². The van der Waals surface area contributed by atoms with E-state index in [9.17, 15) is 9.90 Å². The molecule has 118 valence electrons. The third kappa shape index (κ3) is 3.02. The number of carbonyl (C=O) groups is 1. The van der Waals surface area contributed by atoms with Crippen molar-refractivity contribution in [3.63, 3.8) is 0 Å². The van der Waals surface area contributed by atoms with Crippen molar-refractivity contribution in [1.82, 2.24) is 9.88 Å². The number of aromatic nitrogens is 1. The lowest BCUT2D eigenvalue weighted by atomic mass is 10.0. The van der Waals surface area contributed by atoms with E-state index in [1.54, 1.807) is 4.90 Å². The van der Waals surface area contributed by atoms with Crippen molar-refractivity contribution in [2.45, 2.75) is 38.7 Å². The Kier molecular flexibility index (Phi) is 4.21. The molecule has 1 aromatic heterocycles. The van der Waals surface area contributed by atoms with Crippen molar-refractivity contribution in [3.8, 4) is 0 Å². The fourth-order valence-electron chi connectivity index (χ4n) is 3.43. The second-order valence-electron chi connectivity index (χ2n) is 6.57. The van der Waals surface area contributed by atoms with Gasteiger partial charge in [-0.3, -0.25) is 4.79 Å². The summed E-state index contributed by atoms with van der Waals surface area (Å²) < 4.78 is 0. The molecule has 1 amide bonds. The zero-order chi connectivity index (χ0) is 15.7. The van der Waals surface area contributed by atoms with E-state index >= 15 is 0 Å². The Bertz CT molecular complexity index is 677. The number of aromatic amines is 1. The lowest BCUT2D eigenvalue weighted by Crippen LogP contribution is -2.35. The predicted molar refractivity (Wildman–Crippen MR) is 87.7 cm³/mol. The number of H-pyrrole nitrogens is 1. The van der Waals surface area contributed by atoms with Gasteiger partial charge in [0.2, 0.25) is 5.91 Å². The molecule has 2 atom stereocenters. The summed E-state index contributed by atoms with van der Waals surface area (Å²) in [4.78, 5) is 17.5.